The lowest BCUT2D eigenvalue weighted by molar-refractivity contribution is 0.318. The van der Waals surface area contributed by atoms with Crippen LogP contribution < -0.4 is 11.1 Å². The van der Waals surface area contributed by atoms with Crippen molar-refractivity contribution in [2.24, 2.45) is 10.9 Å². The summed E-state index contributed by atoms with van der Waals surface area (Å²) in [5.41, 5.74) is 7.06. The van der Waals surface area contributed by atoms with Gasteiger partial charge in [-0.15, -0.1) is 0 Å². The first-order valence-corrected chi connectivity index (χ1v) is 7.43. The number of oxime groups is 1. The Bertz CT molecular complexity index is 623. The minimum Gasteiger partial charge on any atom is -0.409 e. The van der Waals surface area contributed by atoms with Crippen LogP contribution in [0.2, 0.25) is 0 Å². The highest BCUT2D eigenvalue weighted by Crippen LogP contribution is 2.10. The molecule has 0 amide bonds. The van der Waals surface area contributed by atoms with E-state index in [9.17, 15) is 8.42 Å². The standard InChI is InChI=1S/C12H15N3O3S/c13-12(15-16)10-3-1-2-9(6-10)7-14-11-4-5-19(17,18)8-11/h1-6,11,14,16H,7-8H2,(H2,13,15). The summed E-state index contributed by atoms with van der Waals surface area (Å²) < 4.78 is 22.5. The maximum absolute atomic E-state index is 11.2. The molecule has 7 heteroatoms. The van der Waals surface area contributed by atoms with Gasteiger partial charge in [-0.2, -0.15) is 0 Å². The van der Waals surface area contributed by atoms with Gasteiger partial charge >= 0.3 is 0 Å². The Hall–Kier alpha value is -1.86. The third-order valence-electron chi connectivity index (χ3n) is 2.83. The van der Waals surface area contributed by atoms with Crippen molar-refractivity contribution >= 4 is 15.7 Å². The smallest absolute Gasteiger partial charge is 0.173 e. The first kappa shape index (κ1) is 13.6. The molecule has 0 aliphatic carbocycles. The summed E-state index contributed by atoms with van der Waals surface area (Å²) in [5.74, 6) is 0.137. The summed E-state index contributed by atoms with van der Waals surface area (Å²) in [6.07, 6.45) is 1.64. The molecule has 0 radical (unpaired) electrons. The van der Waals surface area contributed by atoms with Gasteiger partial charge in [-0.1, -0.05) is 29.4 Å². The van der Waals surface area contributed by atoms with Gasteiger partial charge in [-0.3, -0.25) is 0 Å². The number of nitrogens with two attached hydrogens (primary N) is 1. The lowest BCUT2D eigenvalue weighted by Crippen LogP contribution is -2.29. The number of amidine groups is 1. The molecule has 1 aromatic rings. The first-order chi connectivity index (χ1) is 9.00. The first-order valence-electron chi connectivity index (χ1n) is 5.71. The van der Waals surface area contributed by atoms with E-state index in [2.05, 4.69) is 10.5 Å². The van der Waals surface area contributed by atoms with Gasteiger partial charge in [-0.05, 0) is 11.6 Å². The molecule has 1 heterocycles. The molecular weight excluding hydrogens is 266 g/mol. The van der Waals surface area contributed by atoms with Gasteiger partial charge in [0.1, 0.15) is 0 Å². The third-order valence-corrected chi connectivity index (χ3v) is 4.22. The van der Waals surface area contributed by atoms with E-state index in [0.29, 0.717) is 12.1 Å². The minimum atomic E-state index is -3.04. The number of benzene rings is 1. The van der Waals surface area contributed by atoms with Crippen molar-refractivity contribution in [3.8, 4) is 0 Å². The predicted molar refractivity (Wildman–Crippen MR) is 72.5 cm³/mol. The molecule has 6 nitrogen and oxygen atoms in total. The normalized spacial score (nSPS) is 21.7. The van der Waals surface area contributed by atoms with E-state index in [1.54, 1.807) is 24.3 Å². The Morgan fingerprint density at radius 1 is 1.53 bits per heavy atom. The average Bonchev–Trinajstić information content (AvgIpc) is 2.75. The van der Waals surface area contributed by atoms with Crippen molar-refractivity contribution < 1.29 is 13.6 Å². The van der Waals surface area contributed by atoms with Gasteiger partial charge in [0.15, 0.2) is 15.7 Å². The van der Waals surface area contributed by atoms with Gasteiger partial charge in [0, 0.05) is 23.6 Å². The monoisotopic (exact) mass is 281 g/mol. The second-order valence-electron chi connectivity index (χ2n) is 4.33. The van der Waals surface area contributed by atoms with Crippen molar-refractivity contribution in [1.29, 1.82) is 0 Å². The van der Waals surface area contributed by atoms with Crippen LogP contribution in [0.3, 0.4) is 0 Å². The zero-order chi connectivity index (χ0) is 13.9. The van der Waals surface area contributed by atoms with Gasteiger partial charge < -0.3 is 16.3 Å². The second-order valence-corrected chi connectivity index (χ2v) is 6.26. The van der Waals surface area contributed by atoms with Crippen molar-refractivity contribution in [2.75, 3.05) is 5.75 Å². The summed E-state index contributed by atoms with van der Waals surface area (Å²) >= 11 is 0. The molecule has 1 aliphatic rings. The number of hydrogen-bond donors (Lipinski definition) is 3. The van der Waals surface area contributed by atoms with Crippen LogP contribution in [0.5, 0.6) is 0 Å². The molecule has 1 unspecified atom stereocenters. The fraction of sp³-hybridized carbons (Fsp3) is 0.250. The second kappa shape index (κ2) is 5.41. The van der Waals surface area contributed by atoms with E-state index < -0.39 is 9.84 Å². The molecule has 0 fully saturated rings. The van der Waals surface area contributed by atoms with Crippen LogP contribution >= 0.6 is 0 Å². The molecule has 0 saturated carbocycles. The summed E-state index contributed by atoms with van der Waals surface area (Å²) in [4.78, 5) is 0. The Morgan fingerprint density at radius 3 is 2.95 bits per heavy atom. The molecule has 0 bridgehead atoms. The summed E-state index contributed by atoms with van der Waals surface area (Å²) in [7, 11) is -3.04. The summed E-state index contributed by atoms with van der Waals surface area (Å²) in [5, 5.41) is 15.9. The number of sulfone groups is 1. The molecule has 1 atom stereocenters. The maximum atomic E-state index is 11.2. The number of rotatable bonds is 4. The molecule has 1 aliphatic heterocycles. The Kier molecular flexibility index (Phi) is 3.87. The SMILES string of the molecule is NC(=NO)c1cccc(CNC2C=CS(=O)(=O)C2)c1. The highest BCUT2D eigenvalue weighted by atomic mass is 32.2. The van der Waals surface area contributed by atoms with E-state index >= 15 is 0 Å². The average molecular weight is 281 g/mol. The third kappa shape index (κ3) is 3.55. The number of hydrogen-bond acceptors (Lipinski definition) is 5. The molecule has 1 aromatic carbocycles. The fourth-order valence-electron chi connectivity index (χ4n) is 1.85. The van der Waals surface area contributed by atoms with Gasteiger partial charge in [-0.25, -0.2) is 8.42 Å². The minimum absolute atomic E-state index is 0.0465. The van der Waals surface area contributed by atoms with Crippen LogP contribution in [0.1, 0.15) is 11.1 Å². The number of nitrogens with zero attached hydrogens (tertiary/aromatic N) is 1. The molecule has 2 rings (SSSR count). The van der Waals surface area contributed by atoms with Crippen molar-refractivity contribution in [2.45, 2.75) is 12.6 Å². The number of nitrogens with one attached hydrogen (secondary N) is 1. The molecular formula is C12H15N3O3S. The maximum Gasteiger partial charge on any atom is 0.173 e. The van der Waals surface area contributed by atoms with Gasteiger partial charge in [0.2, 0.25) is 0 Å². The molecule has 0 saturated heterocycles. The molecule has 0 aromatic heterocycles. The molecule has 0 spiro atoms. The van der Waals surface area contributed by atoms with E-state index in [1.165, 1.54) is 5.41 Å². The highest BCUT2D eigenvalue weighted by Gasteiger charge is 2.20. The largest absolute Gasteiger partial charge is 0.409 e. The fourth-order valence-corrected chi connectivity index (χ4v) is 3.12. The van der Waals surface area contributed by atoms with E-state index in [4.69, 9.17) is 10.9 Å². The Balaban J connectivity index is 1.99. The van der Waals surface area contributed by atoms with E-state index in [-0.39, 0.29) is 17.6 Å². The van der Waals surface area contributed by atoms with Crippen LogP contribution in [0.4, 0.5) is 0 Å². The summed E-state index contributed by atoms with van der Waals surface area (Å²) in [6.45, 7) is 0.511. The summed E-state index contributed by atoms with van der Waals surface area (Å²) in [6, 6.07) is 7.03. The Morgan fingerprint density at radius 2 is 2.32 bits per heavy atom. The van der Waals surface area contributed by atoms with Crippen LogP contribution in [0.15, 0.2) is 40.9 Å². The zero-order valence-corrected chi connectivity index (χ0v) is 11.0. The van der Waals surface area contributed by atoms with Crippen molar-refractivity contribution in [3.05, 3.63) is 46.9 Å². The van der Waals surface area contributed by atoms with Gasteiger partial charge in [0.05, 0.1) is 5.75 Å². The molecule has 102 valence electrons. The van der Waals surface area contributed by atoms with Crippen LogP contribution in [0, 0.1) is 0 Å². The predicted octanol–water partition coefficient (Wildman–Crippen LogP) is 0.181. The van der Waals surface area contributed by atoms with E-state index in [1.807, 2.05) is 6.07 Å². The van der Waals surface area contributed by atoms with Crippen molar-refractivity contribution in [1.82, 2.24) is 5.32 Å². The van der Waals surface area contributed by atoms with Crippen molar-refractivity contribution in [3.63, 3.8) is 0 Å². The quantitative estimate of drug-likeness (QED) is 0.316. The lowest BCUT2D eigenvalue weighted by atomic mass is 10.1. The zero-order valence-electron chi connectivity index (χ0n) is 10.2. The Labute approximate surface area is 111 Å². The van der Waals surface area contributed by atoms with Crippen LogP contribution in [-0.2, 0) is 16.4 Å². The van der Waals surface area contributed by atoms with Crippen LogP contribution in [0.25, 0.3) is 0 Å². The van der Waals surface area contributed by atoms with Crippen LogP contribution in [-0.4, -0.2) is 31.3 Å². The highest BCUT2D eigenvalue weighted by molar-refractivity contribution is 7.94. The molecule has 4 N–H and O–H groups in total. The van der Waals surface area contributed by atoms with E-state index in [0.717, 1.165) is 5.56 Å². The molecule has 19 heavy (non-hydrogen) atoms. The topological polar surface area (TPSA) is 105 Å². The van der Waals surface area contributed by atoms with Gasteiger partial charge in [0.25, 0.3) is 0 Å². The lowest BCUT2D eigenvalue weighted by Gasteiger charge is -2.10.